The zero-order valence-corrected chi connectivity index (χ0v) is 11.2. The third kappa shape index (κ3) is 2.09. The molecule has 1 unspecified atom stereocenters. The lowest BCUT2D eigenvalue weighted by molar-refractivity contribution is 0.515. The van der Waals surface area contributed by atoms with Crippen molar-refractivity contribution >= 4 is 10.9 Å². The average molecular weight is 230 g/mol. The lowest BCUT2D eigenvalue weighted by Crippen LogP contribution is -2.17. The zero-order chi connectivity index (χ0) is 12.6. The molecule has 0 saturated heterocycles. The van der Waals surface area contributed by atoms with Crippen molar-refractivity contribution in [2.45, 2.75) is 40.2 Å². The first-order valence-electron chi connectivity index (χ1n) is 6.41. The van der Waals surface area contributed by atoms with Crippen LogP contribution in [0.2, 0.25) is 0 Å². The van der Waals surface area contributed by atoms with Gasteiger partial charge >= 0.3 is 0 Å². The molecule has 1 aromatic heterocycles. The van der Waals surface area contributed by atoms with Gasteiger partial charge in [0.1, 0.15) is 0 Å². The van der Waals surface area contributed by atoms with E-state index in [0.717, 1.165) is 6.42 Å². The Kier molecular flexibility index (Phi) is 3.25. The van der Waals surface area contributed by atoms with Crippen LogP contribution in [0.15, 0.2) is 18.2 Å². The highest BCUT2D eigenvalue weighted by Gasteiger charge is 2.18. The Labute approximate surface area is 103 Å². The summed E-state index contributed by atoms with van der Waals surface area (Å²) < 4.78 is 0. The number of hydrogen-bond donors (Lipinski definition) is 2. The van der Waals surface area contributed by atoms with Crippen LogP contribution < -0.4 is 5.73 Å². The summed E-state index contributed by atoms with van der Waals surface area (Å²) >= 11 is 0. The van der Waals surface area contributed by atoms with Gasteiger partial charge in [0.15, 0.2) is 0 Å². The molecule has 0 aliphatic rings. The van der Waals surface area contributed by atoms with Crippen LogP contribution in [0.3, 0.4) is 0 Å². The normalized spacial score (nSPS) is 13.5. The third-order valence-corrected chi connectivity index (χ3v) is 3.56. The van der Waals surface area contributed by atoms with Crippen molar-refractivity contribution in [3.05, 3.63) is 35.0 Å². The third-order valence-electron chi connectivity index (χ3n) is 3.56. The smallest absolute Gasteiger partial charge is 0.0459 e. The van der Waals surface area contributed by atoms with Gasteiger partial charge in [-0.1, -0.05) is 26.8 Å². The fourth-order valence-electron chi connectivity index (χ4n) is 2.38. The predicted octanol–water partition coefficient (Wildman–Crippen LogP) is 3.69. The second-order valence-corrected chi connectivity index (χ2v) is 5.17. The monoisotopic (exact) mass is 230 g/mol. The summed E-state index contributed by atoms with van der Waals surface area (Å²) in [5.74, 6) is 0.456. The minimum absolute atomic E-state index is 0.107. The van der Waals surface area contributed by atoms with Crippen LogP contribution in [-0.4, -0.2) is 4.98 Å². The Morgan fingerprint density at radius 1 is 1.29 bits per heavy atom. The van der Waals surface area contributed by atoms with E-state index in [9.17, 15) is 0 Å². The molecule has 0 fully saturated rings. The highest BCUT2D eigenvalue weighted by Crippen LogP contribution is 2.31. The molecule has 1 heterocycles. The summed E-state index contributed by atoms with van der Waals surface area (Å²) in [4.78, 5) is 3.43. The SMILES string of the molecule is CCc1ccc2[nH]c(C)c(C(N)C(C)C)c2c1. The molecule has 2 aromatic rings. The number of rotatable bonds is 3. The molecule has 2 rings (SSSR count). The molecule has 1 atom stereocenters. The van der Waals surface area contributed by atoms with Crippen molar-refractivity contribution < 1.29 is 0 Å². The van der Waals surface area contributed by atoms with Crippen LogP contribution in [0.4, 0.5) is 0 Å². The van der Waals surface area contributed by atoms with Crippen molar-refractivity contribution in [1.82, 2.24) is 4.98 Å². The molecule has 0 spiro atoms. The molecule has 3 N–H and O–H groups in total. The number of nitrogens with one attached hydrogen (secondary N) is 1. The van der Waals surface area contributed by atoms with Gasteiger partial charge < -0.3 is 10.7 Å². The summed E-state index contributed by atoms with van der Waals surface area (Å²) in [5.41, 5.74) is 11.4. The standard InChI is InChI=1S/C15H22N2/c1-5-11-6-7-13-12(8-11)14(10(4)17-13)15(16)9(2)3/h6-9,15,17H,5,16H2,1-4H3. The number of fused-ring (bicyclic) bond motifs is 1. The van der Waals surface area contributed by atoms with E-state index in [2.05, 4.69) is 50.9 Å². The van der Waals surface area contributed by atoms with Crippen LogP contribution in [-0.2, 0) is 6.42 Å². The number of H-pyrrole nitrogens is 1. The van der Waals surface area contributed by atoms with Gasteiger partial charge in [0.25, 0.3) is 0 Å². The maximum Gasteiger partial charge on any atom is 0.0459 e. The Morgan fingerprint density at radius 3 is 2.59 bits per heavy atom. The highest BCUT2D eigenvalue weighted by atomic mass is 14.7. The van der Waals surface area contributed by atoms with Crippen molar-refractivity contribution in [3.63, 3.8) is 0 Å². The van der Waals surface area contributed by atoms with E-state index >= 15 is 0 Å². The molecule has 0 bridgehead atoms. The number of benzene rings is 1. The molecule has 2 nitrogen and oxygen atoms in total. The van der Waals surface area contributed by atoms with Crippen molar-refractivity contribution in [1.29, 1.82) is 0 Å². The minimum atomic E-state index is 0.107. The number of nitrogens with two attached hydrogens (primary N) is 1. The lowest BCUT2D eigenvalue weighted by Gasteiger charge is -2.16. The summed E-state index contributed by atoms with van der Waals surface area (Å²) in [6.07, 6.45) is 1.07. The maximum absolute atomic E-state index is 6.32. The molecule has 1 aromatic carbocycles. The molecule has 0 aliphatic heterocycles. The first kappa shape index (κ1) is 12.2. The van der Waals surface area contributed by atoms with Crippen LogP contribution >= 0.6 is 0 Å². The van der Waals surface area contributed by atoms with Gasteiger partial charge in [-0.15, -0.1) is 0 Å². The maximum atomic E-state index is 6.32. The van der Waals surface area contributed by atoms with Crippen molar-refractivity contribution in [3.8, 4) is 0 Å². The summed E-state index contributed by atoms with van der Waals surface area (Å²) in [5, 5.41) is 1.29. The van der Waals surface area contributed by atoms with Crippen LogP contribution in [0.5, 0.6) is 0 Å². The van der Waals surface area contributed by atoms with Gasteiger partial charge in [-0.05, 0) is 42.5 Å². The lowest BCUT2D eigenvalue weighted by atomic mass is 9.94. The van der Waals surface area contributed by atoms with E-state index in [0.29, 0.717) is 5.92 Å². The molecule has 17 heavy (non-hydrogen) atoms. The topological polar surface area (TPSA) is 41.8 Å². The Balaban J connectivity index is 2.64. The number of aromatic nitrogens is 1. The van der Waals surface area contributed by atoms with Gasteiger partial charge in [0.05, 0.1) is 0 Å². The fourth-order valence-corrected chi connectivity index (χ4v) is 2.38. The molecule has 2 heteroatoms. The average Bonchev–Trinajstić information content (AvgIpc) is 2.62. The van der Waals surface area contributed by atoms with Gasteiger partial charge in [-0.2, -0.15) is 0 Å². The van der Waals surface area contributed by atoms with Crippen LogP contribution in [0.25, 0.3) is 10.9 Å². The fraction of sp³-hybridized carbons (Fsp3) is 0.467. The molecular formula is C15H22N2. The van der Waals surface area contributed by atoms with Crippen molar-refractivity contribution in [2.75, 3.05) is 0 Å². The summed E-state index contributed by atoms with van der Waals surface area (Å²) in [6.45, 7) is 8.64. The van der Waals surface area contributed by atoms with E-state index in [4.69, 9.17) is 5.73 Å². The molecule has 0 aliphatic carbocycles. The molecule has 0 saturated carbocycles. The molecule has 92 valence electrons. The van der Waals surface area contributed by atoms with Crippen molar-refractivity contribution in [2.24, 2.45) is 11.7 Å². The number of hydrogen-bond acceptors (Lipinski definition) is 1. The predicted molar refractivity (Wildman–Crippen MR) is 74.2 cm³/mol. The molecular weight excluding hydrogens is 208 g/mol. The van der Waals surface area contributed by atoms with E-state index in [1.54, 1.807) is 0 Å². The van der Waals surface area contributed by atoms with E-state index in [-0.39, 0.29) is 6.04 Å². The Hall–Kier alpha value is -1.28. The van der Waals surface area contributed by atoms with Crippen LogP contribution in [0, 0.1) is 12.8 Å². The Morgan fingerprint density at radius 2 is 2.00 bits per heavy atom. The molecule has 0 amide bonds. The van der Waals surface area contributed by atoms with Crippen LogP contribution in [0.1, 0.15) is 43.6 Å². The second-order valence-electron chi connectivity index (χ2n) is 5.17. The van der Waals surface area contributed by atoms with E-state index in [1.165, 1.54) is 27.7 Å². The highest BCUT2D eigenvalue weighted by molar-refractivity contribution is 5.85. The van der Waals surface area contributed by atoms with E-state index in [1.807, 2.05) is 0 Å². The quantitative estimate of drug-likeness (QED) is 0.829. The largest absolute Gasteiger partial charge is 0.358 e. The van der Waals surface area contributed by atoms with Gasteiger partial charge in [0.2, 0.25) is 0 Å². The number of aromatic amines is 1. The minimum Gasteiger partial charge on any atom is -0.358 e. The summed E-state index contributed by atoms with van der Waals surface area (Å²) in [7, 11) is 0. The second kappa shape index (κ2) is 4.53. The first-order valence-corrected chi connectivity index (χ1v) is 6.41. The molecule has 0 radical (unpaired) electrons. The summed E-state index contributed by atoms with van der Waals surface area (Å²) in [6, 6.07) is 6.73. The van der Waals surface area contributed by atoms with E-state index < -0.39 is 0 Å². The van der Waals surface area contributed by atoms with Gasteiger partial charge in [-0.25, -0.2) is 0 Å². The zero-order valence-electron chi connectivity index (χ0n) is 11.2. The first-order chi connectivity index (χ1) is 8.04. The van der Waals surface area contributed by atoms with Gasteiger partial charge in [0, 0.05) is 22.6 Å². The van der Waals surface area contributed by atoms with Gasteiger partial charge in [-0.3, -0.25) is 0 Å². The number of aryl methyl sites for hydroxylation is 2. The Bertz CT molecular complexity index is 523.